The maximum atomic E-state index is 5.90. The third-order valence-corrected chi connectivity index (χ3v) is 2.96. The Labute approximate surface area is 117 Å². The number of allylic oxidation sites excluding steroid dienone is 1. The maximum Gasteiger partial charge on any atom is 0.283 e. The third kappa shape index (κ3) is 6.91. The molecule has 0 atom stereocenters. The molecular formula is C13H30N5O+. The molecule has 0 aromatic heterocycles. The predicted octanol–water partition coefficient (Wildman–Crippen LogP) is 0.407. The van der Waals surface area contributed by atoms with Gasteiger partial charge in [0.1, 0.15) is 7.11 Å². The van der Waals surface area contributed by atoms with E-state index >= 15 is 0 Å². The SMILES string of the molecule is CCCCN(C)/C(=C/CC/C(N)=[N+](\CN)OC)NC. The van der Waals surface area contributed by atoms with Crippen LogP contribution >= 0.6 is 0 Å². The molecule has 0 bridgehead atoms. The summed E-state index contributed by atoms with van der Waals surface area (Å²) in [6.45, 7) is 3.51. The highest BCUT2D eigenvalue weighted by Gasteiger charge is 2.07. The highest BCUT2D eigenvalue weighted by atomic mass is 16.7. The van der Waals surface area contributed by atoms with E-state index in [2.05, 4.69) is 30.3 Å². The zero-order chi connectivity index (χ0) is 14.7. The van der Waals surface area contributed by atoms with Gasteiger partial charge in [0.05, 0.1) is 12.2 Å². The van der Waals surface area contributed by atoms with Crippen molar-refractivity contribution in [2.24, 2.45) is 11.5 Å². The fourth-order valence-electron chi connectivity index (χ4n) is 1.76. The molecule has 0 aliphatic carbocycles. The lowest BCUT2D eigenvalue weighted by Gasteiger charge is -2.22. The minimum absolute atomic E-state index is 0.265. The van der Waals surface area contributed by atoms with Crippen molar-refractivity contribution < 1.29 is 9.58 Å². The van der Waals surface area contributed by atoms with Crippen LogP contribution in [0, 0.1) is 0 Å². The number of amidine groups is 1. The molecule has 0 saturated heterocycles. The molecule has 6 nitrogen and oxygen atoms in total. The van der Waals surface area contributed by atoms with E-state index in [1.807, 2.05) is 7.05 Å². The molecule has 0 fully saturated rings. The van der Waals surface area contributed by atoms with Gasteiger partial charge in [-0.3, -0.25) is 11.5 Å². The monoisotopic (exact) mass is 272 g/mol. The Bertz CT molecular complexity index is 295. The molecule has 0 aromatic rings. The molecule has 112 valence electrons. The van der Waals surface area contributed by atoms with Gasteiger partial charge in [0.15, 0.2) is 6.67 Å². The minimum Gasteiger partial charge on any atom is -0.375 e. The first-order valence-corrected chi connectivity index (χ1v) is 6.82. The van der Waals surface area contributed by atoms with Crippen LogP contribution in [-0.4, -0.2) is 49.9 Å². The smallest absolute Gasteiger partial charge is 0.283 e. The van der Waals surface area contributed by atoms with Gasteiger partial charge in [0.25, 0.3) is 5.84 Å². The lowest BCUT2D eigenvalue weighted by atomic mass is 10.2. The van der Waals surface area contributed by atoms with Gasteiger partial charge in [-0.2, -0.15) is 0 Å². The number of nitrogens with zero attached hydrogens (tertiary/aromatic N) is 2. The number of rotatable bonds is 10. The number of hydroxylamine groups is 1. The van der Waals surface area contributed by atoms with E-state index < -0.39 is 0 Å². The Kier molecular flexibility index (Phi) is 9.70. The summed E-state index contributed by atoms with van der Waals surface area (Å²) in [4.78, 5) is 7.26. The molecule has 0 aliphatic heterocycles. The number of hydrogen-bond donors (Lipinski definition) is 3. The second-order valence-electron chi connectivity index (χ2n) is 4.39. The number of hydrogen-bond acceptors (Lipinski definition) is 4. The van der Waals surface area contributed by atoms with Crippen LogP contribution in [0.5, 0.6) is 0 Å². The van der Waals surface area contributed by atoms with Gasteiger partial charge in [0, 0.05) is 20.6 Å². The Morgan fingerprint density at radius 2 is 2.16 bits per heavy atom. The Morgan fingerprint density at radius 1 is 1.47 bits per heavy atom. The molecule has 0 aromatic carbocycles. The molecule has 0 rings (SSSR count). The van der Waals surface area contributed by atoms with Crippen LogP contribution < -0.4 is 16.8 Å². The summed E-state index contributed by atoms with van der Waals surface area (Å²) in [7, 11) is 5.59. The summed E-state index contributed by atoms with van der Waals surface area (Å²) in [6, 6.07) is 0. The molecule has 0 unspecified atom stereocenters. The maximum absolute atomic E-state index is 5.90. The second-order valence-corrected chi connectivity index (χ2v) is 4.39. The zero-order valence-corrected chi connectivity index (χ0v) is 12.8. The molecule has 0 spiro atoms. The molecule has 0 aliphatic rings. The Balaban J connectivity index is 4.38. The van der Waals surface area contributed by atoms with Crippen LogP contribution in [0.15, 0.2) is 11.9 Å². The average molecular weight is 272 g/mol. The van der Waals surface area contributed by atoms with Gasteiger partial charge in [-0.25, -0.2) is 0 Å². The van der Waals surface area contributed by atoms with Gasteiger partial charge < -0.3 is 15.1 Å². The van der Waals surface area contributed by atoms with Crippen molar-refractivity contribution >= 4 is 5.84 Å². The summed E-state index contributed by atoms with van der Waals surface area (Å²) < 4.78 is 1.49. The largest absolute Gasteiger partial charge is 0.375 e. The van der Waals surface area contributed by atoms with Crippen LogP contribution in [-0.2, 0) is 4.84 Å². The van der Waals surface area contributed by atoms with Gasteiger partial charge in [-0.1, -0.05) is 18.1 Å². The topological polar surface area (TPSA) is 79.5 Å². The van der Waals surface area contributed by atoms with Crippen LogP contribution in [0.25, 0.3) is 0 Å². The van der Waals surface area contributed by atoms with Crippen molar-refractivity contribution in [3.63, 3.8) is 0 Å². The Hall–Kier alpha value is -1.43. The summed E-state index contributed by atoms with van der Waals surface area (Å²) in [5.41, 5.74) is 11.4. The molecule has 19 heavy (non-hydrogen) atoms. The Morgan fingerprint density at radius 3 is 2.63 bits per heavy atom. The first-order valence-electron chi connectivity index (χ1n) is 6.82. The van der Waals surface area contributed by atoms with E-state index in [0.717, 1.165) is 25.2 Å². The van der Waals surface area contributed by atoms with Gasteiger partial charge in [0.2, 0.25) is 0 Å². The third-order valence-electron chi connectivity index (χ3n) is 2.96. The van der Waals surface area contributed by atoms with Crippen molar-refractivity contribution in [1.82, 2.24) is 10.2 Å². The van der Waals surface area contributed by atoms with Crippen molar-refractivity contribution in [3.8, 4) is 0 Å². The van der Waals surface area contributed by atoms with Crippen molar-refractivity contribution in [2.75, 3.05) is 34.4 Å². The highest BCUT2D eigenvalue weighted by Crippen LogP contribution is 2.03. The van der Waals surface area contributed by atoms with Gasteiger partial charge in [-0.05, 0) is 18.9 Å². The van der Waals surface area contributed by atoms with Crippen molar-refractivity contribution in [2.45, 2.75) is 32.6 Å². The number of nitrogens with two attached hydrogens (primary N) is 2. The molecule has 0 heterocycles. The normalized spacial score (nSPS) is 13.0. The second kappa shape index (κ2) is 10.5. The van der Waals surface area contributed by atoms with Crippen LogP contribution in [0.3, 0.4) is 0 Å². The van der Waals surface area contributed by atoms with Gasteiger partial charge in [-0.15, -0.1) is 0 Å². The van der Waals surface area contributed by atoms with E-state index in [1.54, 1.807) is 7.11 Å². The quantitative estimate of drug-likeness (QED) is 0.176. The summed E-state index contributed by atoms with van der Waals surface area (Å²) in [5.74, 6) is 1.77. The average Bonchev–Trinajstić information content (AvgIpc) is 2.42. The molecule has 0 saturated carbocycles. The van der Waals surface area contributed by atoms with E-state index in [9.17, 15) is 0 Å². The number of nitrogens with one attached hydrogen (secondary N) is 1. The zero-order valence-electron chi connectivity index (χ0n) is 12.8. The lowest BCUT2D eigenvalue weighted by Crippen LogP contribution is -2.32. The van der Waals surface area contributed by atoms with E-state index in [-0.39, 0.29) is 6.67 Å². The predicted molar refractivity (Wildman–Crippen MR) is 79.4 cm³/mol. The van der Waals surface area contributed by atoms with E-state index in [1.165, 1.54) is 17.6 Å². The summed E-state index contributed by atoms with van der Waals surface area (Å²) in [6.07, 6.45) is 6.10. The summed E-state index contributed by atoms with van der Waals surface area (Å²) >= 11 is 0. The number of unbranched alkanes of at least 4 members (excludes halogenated alkanes) is 1. The molecule has 6 heteroatoms. The van der Waals surface area contributed by atoms with Gasteiger partial charge >= 0.3 is 0 Å². The first-order chi connectivity index (χ1) is 9.10. The standard InChI is InChI=1S/C13H29N5O/c1-5-6-10-17(3)13(16-2)9-7-8-12(15)18(11-14)19-4/h9,15-16H,5-8,10-11,14H2,1-4H3/p+1/b13-9+. The van der Waals surface area contributed by atoms with E-state index in [4.69, 9.17) is 16.3 Å². The fraction of sp³-hybridized carbons (Fsp3) is 0.769. The highest BCUT2D eigenvalue weighted by molar-refractivity contribution is 5.75. The van der Waals surface area contributed by atoms with Crippen LogP contribution in [0.2, 0.25) is 0 Å². The van der Waals surface area contributed by atoms with Crippen LogP contribution in [0.4, 0.5) is 0 Å². The fourth-order valence-corrected chi connectivity index (χ4v) is 1.76. The minimum atomic E-state index is 0.265. The molecule has 0 radical (unpaired) electrons. The summed E-state index contributed by atoms with van der Waals surface area (Å²) in [5, 5.41) is 3.21. The first kappa shape index (κ1) is 17.6. The lowest BCUT2D eigenvalue weighted by molar-refractivity contribution is -0.780. The van der Waals surface area contributed by atoms with Crippen molar-refractivity contribution in [3.05, 3.63) is 11.9 Å². The van der Waals surface area contributed by atoms with Crippen molar-refractivity contribution in [1.29, 1.82) is 0 Å². The molecular weight excluding hydrogens is 242 g/mol. The van der Waals surface area contributed by atoms with E-state index in [0.29, 0.717) is 5.84 Å². The molecule has 5 N–H and O–H groups in total. The van der Waals surface area contributed by atoms with Crippen LogP contribution in [0.1, 0.15) is 32.6 Å². The molecule has 0 amide bonds.